The highest BCUT2D eigenvalue weighted by Crippen LogP contribution is 2.33. The van der Waals surface area contributed by atoms with E-state index < -0.39 is 10.0 Å². The molecule has 1 fully saturated rings. The molecule has 1 aromatic heterocycles. The minimum absolute atomic E-state index is 0.0704. The maximum Gasteiger partial charge on any atom is 0.243 e. The molecule has 29 heavy (non-hydrogen) atoms. The molecule has 156 valence electrons. The molecular weight excluding hydrogens is 394 g/mol. The summed E-state index contributed by atoms with van der Waals surface area (Å²) in [4.78, 5) is 8.77. The normalized spacial score (nSPS) is 18.3. The van der Waals surface area contributed by atoms with Crippen molar-refractivity contribution in [3.8, 4) is 17.4 Å². The largest absolute Gasteiger partial charge is 0.490 e. The number of ether oxygens (including phenoxy) is 3. The fraction of sp³-hybridized carbons (Fsp3) is 0.500. The van der Waals surface area contributed by atoms with E-state index >= 15 is 0 Å². The van der Waals surface area contributed by atoms with Crippen LogP contribution in [0.5, 0.6) is 17.4 Å². The van der Waals surface area contributed by atoms with Gasteiger partial charge in [0, 0.05) is 37.3 Å². The summed E-state index contributed by atoms with van der Waals surface area (Å²) in [5, 5.41) is 0. The van der Waals surface area contributed by atoms with Gasteiger partial charge in [-0.05, 0) is 38.8 Å². The minimum Gasteiger partial charge on any atom is -0.490 e. The summed E-state index contributed by atoms with van der Waals surface area (Å²) in [6.45, 7) is 5.59. The summed E-state index contributed by atoms with van der Waals surface area (Å²) in [6, 6.07) is 6.61. The van der Waals surface area contributed by atoms with Gasteiger partial charge >= 0.3 is 0 Å². The van der Waals surface area contributed by atoms with Gasteiger partial charge in [0.1, 0.15) is 11.9 Å². The van der Waals surface area contributed by atoms with Crippen molar-refractivity contribution < 1.29 is 22.6 Å². The Bertz CT molecular complexity index is 967. The van der Waals surface area contributed by atoms with Crippen molar-refractivity contribution in [3.05, 3.63) is 35.8 Å². The molecule has 0 radical (unpaired) electrons. The van der Waals surface area contributed by atoms with Crippen LogP contribution in [-0.2, 0) is 10.0 Å². The van der Waals surface area contributed by atoms with Gasteiger partial charge < -0.3 is 14.2 Å². The quantitative estimate of drug-likeness (QED) is 0.752. The van der Waals surface area contributed by atoms with Gasteiger partial charge in [-0.15, -0.1) is 0 Å². The molecule has 8 nitrogen and oxygen atoms in total. The Morgan fingerprint density at radius 2 is 1.76 bits per heavy atom. The fourth-order valence-electron chi connectivity index (χ4n) is 3.56. The van der Waals surface area contributed by atoms with Crippen LogP contribution in [0.3, 0.4) is 0 Å². The number of nitrogens with zero attached hydrogens (tertiary/aromatic N) is 3. The first-order valence-electron chi connectivity index (χ1n) is 9.80. The van der Waals surface area contributed by atoms with Gasteiger partial charge in [0.15, 0.2) is 11.5 Å². The third kappa shape index (κ3) is 4.45. The molecule has 0 spiro atoms. The van der Waals surface area contributed by atoms with Crippen molar-refractivity contribution in [1.82, 2.24) is 14.3 Å². The number of piperidine rings is 1. The lowest BCUT2D eigenvalue weighted by Gasteiger charge is -2.31. The van der Waals surface area contributed by atoms with Crippen LogP contribution >= 0.6 is 0 Å². The van der Waals surface area contributed by atoms with E-state index in [2.05, 4.69) is 9.97 Å². The highest BCUT2D eigenvalue weighted by atomic mass is 32.2. The van der Waals surface area contributed by atoms with Gasteiger partial charge in [0.2, 0.25) is 15.9 Å². The third-order valence-electron chi connectivity index (χ3n) is 4.99. The number of benzene rings is 1. The first-order valence-corrected chi connectivity index (χ1v) is 11.2. The number of rotatable bonds is 4. The van der Waals surface area contributed by atoms with Crippen molar-refractivity contribution in [2.75, 3.05) is 26.3 Å². The topological polar surface area (TPSA) is 90.9 Å². The van der Waals surface area contributed by atoms with Crippen LogP contribution in [0.15, 0.2) is 29.2 Å². The average molecular weight is 420 g/mol. The second-order valence-electron chi connectivity index (χ2n) is 7.28. The Balaban J connectivity index is 1.43. The third-order valence-corrected chi connectivity index (χ3v) is 6.88. The molecule has 0 atom stereocenters. The molecule has 0 saturated carbocycles. The van der Waals surface area contributed by atoms with Crippen molar-refractivity contribution >= 4 is 10.0 Å². The number of aryl methyl sites for hydroxylation is 2. The van der Waals surface area contributed by atoms with E-state index in [-0.39, 0.29) is 11.0 Å². The zero-order valence-corrected chi connectivity index (χ0v) is 17.4. The van der Waals surface area contributed by atoms with Crippen LogP contribution in [-0.4, -0.2) is 55.1 Å². The van der Waals surface area contributed by atoms with Crippen LogP contribution in [0.2, 0.25) is 0 Å². The zero-order chi connectivity index (χ0) is 20.4. The van der Waals surface area contributed by atoms with Crippen LogP contribution < -0.4 is 14.2 Å². The van der Waals surface area contributed by atoms with E-state index in [4.69, 9.17) is 14.2 Å². The molecule has 9 heteroatoms. The molecule has 0 bridgehead atoms. The monoisotopic (exact) mass is 419 g/mol. The Morgan fingerprint density at radius 3 is 2.48 bits per heavy atom. The molecule has 0 aliphatic carbocycles. The SMILES string of the molecule is Cc1cc(OC2CCN(S(=O)(=O)c3ccc4c(c3)OCCCO4)CC2)nc(C)n1. The highest BCUT2D eigenvalue weighted by molar-refractivity contribution is 7.89. The van der Waals surface area contributed by atoms with E-state index in [9.17, 15) is 8.42 Å². The molecule has 0 N–H and O–H groups in total. The first-order chi connectivity index (χ1) is 13.9. The summed E-state index contributed by atoms with van der Waals surface area (Å²) in [5.74, 6) is 2.27. The summed E-state index contributed by atoms with van der Waals surface area (Å²) in [5.41, 5.74) is 0.849. The fourth-order valence-corrected chi connectivity index (χ4v) is 5.04. The lowest BCUT2D eigenvalue weighted by Crippen LogP contribution is -2.41. The molecule has 3 heterocycles. The molecule has 2 aromatic rings. The summed E-state index contributed by atoms with van der Waals surface area (Å²) in [6.07, 6.45) is 1.91. The van der Waals surface area contributed by atoms with Crippen LogP contribution in [0.4, 0.5) is 0 Å². The van der Waals surface area contributed by atoms with Crippen LogP contribution in [0, 0.1) is 13.8 Å². The second-order valence-corrected chi connectivity index (χ2v) is 9.21. The van der Waals surface area contributed by atoms with E-state index in [0.717, 1.165) is 12.1 Å². The van der Waals surface area contributed by atoms with Gasteiger partial charge in [-0.25, -0.2) is 13.4 Å². The predicted molar refractivity (Wildman–Crippen MR) is 106 cm³/mol. The lowest BCUT2D eigenvalue weighted by atomic mass is 10.1. The minimum atomic E-state index is -3.60. The number of sulfonamides is 1. The summed E-state index contributed by atoms with van der Waals surface area (Å²) >= 11 is 0. The maximum absolute atomic E-state index is 13.1. The number of aromatic nitrogens is 2. The molecule has 2 aliphatic heterocycles. The van der Waals surface area contributed by atoms with Crippen LogP contribution in [0.25, 0.3) is 0 Å². The van der Waals surface area contributed by atoms with Crippen LogP contribution in [0.1, 0.15) is 30.8 Å². The Kier molecular flexibility index (Phi) is 5.60. The molecule has 0 amide bonds. The van der Waals surface area contributed by atoms with Gasteiger partial charge in [0.25, 0.3) is 0 Å². The van der Waals surface area contributed by atoms with Gasteiger partial charge in [-0.2, -0.15) is 9.29 Å². The number of hydrogen-bond donors (Lipinski definition) is 0. The van der Waals surface area contributed by atoms with Gasteiger partial charge in [-0.1, -0.05) is 0 Å². The summed E-state index contributed by atoms with van der Waals surface area (Å²) < 4.78 is 44.9. The van der Waals surface area contributed by atoms with Gasteiger partial charge in [0.05, 0.1) is 18.1 Å². The number of hydrogen-bond acceptors (Lipinski definition) is 7. The highest BCUT2D eigenvalue weighted by Gasteiger charge is 2.31. The van der Waals surface area contributed by atoms with Crippen molar-refractivity contribution in [2.45, 2.75) is 44.1 Å². The second kappa shape index (κ2) is 8.16. The van der Waals surface area contributed by atoms with Crippen molar-refractivity contribution in [2.24, 2.45) is 0 Å². The van der Waals surface area contributed by atoms with E-state index in [0.29, 0.717) is 62.3 Å². The first kappa shape index (κ1) is 19.9. The predicted octanol–water partition coefficient (Wildman–Crippen LogP) is 2.49. The molecule has 0 unspecified atom stereocenters. The van der Waals surface area contributed by atoms with E-state index in [1.807, 2.05) is 13.8 Å². The number of fused-ring (bicyclic) bond motifs is 1. The maximum atomic E-state index is 13.1. The lowest BCUT2D eigenvalue weighted by molar-refractivity contribution is 0.129. The average Bonchev–Trinajstić information content (AvgIpc) is 2.92. The summed E-state index contributed by atoms with van der Waals surface area (Å²) in [7, 11) is -3.60. The van der Waals surface area contributed by atoms with Crippen molar-refractivity contribution in [3.63, 3.8) is 0 Å². The molecular formula is C20H25N3O5S. The zero-order valence-electron chi connectivity index (χ0n) is 16.6. The molecule has 1 aromatic carbocycles. The van der Waals surface area contributed by atoms with E-state index in [1.165, 1.54) is 4.31 Å². The Morgan fingerprint density at radius 1 is 1.03 bits per heavy atom. The van der Waals surface area contributed by atoms with Crippen molar-refractivity contribution in [1.29, 1.82) is 0 Å². The molecule has 2 aliphatic rings. The Hall–Kier alpha value is -2.39. The standard InChI is InChI=1S/C20H25N3O5S/c1-14-12-20(22-15(2)21-14)28-16-6-8-23(9-7-16)29(24,25)17-4-5-18-19(13-17)27-11-3-10-26-18/h4-5,12-13,16H,3,6-11H2,1-2H3. The van der Waals surface area contributed by atoms with E-state index in [1.54, 1.807) is 24.3 Å². The van der Waals surface area contributed by atoms with Gasteiger partial charge in [-0.3, -0.25) is 0 Å². The molecule has 4 rings (SSSR count). The smallest absolute Gasteiger partial charge is 0.243 e. The Labute approximate surface area is 170 Å². The molecule has 1 saturated heterocycles.